The van der Waals surface area contributed by atoms with Crippen molar-refractivity contribution in [2.45, 2.75) is 52.0 Å². The average Bonchev–Trinajstić information content (AvgIpc) is 2.86. The summed E-state index contributed by atoms with van der Waals surface area (Å²) in [5, 5.41) is 5.86. The van der Waals surface area contributed by atoms with Crippen molar-refractivity contribution >= 4 is 11.3 Å². The molecular formula is C14H23NS. The molecule has 0 aliphatic heterocycles. The molecule has 1 aromatic rings. The minimum Gasteiger partial charge on any atom is -0.314 e. The van der Waals surface area contributed by atoms with Gasteiger partial charge in [-0.05, 0) is 55.5 Å². The summed E-state index contributed by atoms with van der Waals surface area (Å²) in [6.45, 7) is 5.88. The Morgan fingerprint density at radius 3 is 3.12 bits per heavy atom. The molecule has 2 unspecified atom stereocenters. The molecule has 0 bridgehead atoms. The molecule has 1 saturated carbocycles. The molecule has 1 aliphatic rings. The second-order valence-electron chi connectivity index (χ2n) is 5.46. The number of rotatable bonds is 5. The Balaban J connectivity index is 1.85. The maximum absolute atomic E-state index is 3.67. The van der Waals surface area contributed by atoms with Crippen molar-refractivity contribution in [2.75, 3.05) is 6.54 Å². The summed E-state index contributed by atoms with van der Waals surface area (Å²) in [5.41, 5.74) is 0.538. The van der Waals surface area contributed by atoms with E-state index in [4.69, 9.17) is 0 Å². The monoisotopic (exact) mass is 237 g/mol. The minimum absolute atomic E-state index is 0.538. The van der Waals surface area contributed by atoms with Crippen molar-refractivity contribution < 1.29 is 0 Å². The highest BCUT2D eigenvalue weighted by Crippen LogP contribution is 2.41. The van der Waals surface area contributed by atoms with Crippen LogP contribution in [0.4, 0.5) is 0 Å². The van der Waals surface area contributed by atoms with Crippen LogP contribution in [0.15, 0.2) is 17.5 Å². The standard InChI is InChI=1S/C14H23NS/c1-3-8-15-12-6-7-14(2,10-12)11-13-5-4-9-16-13/h4-5,9,12,15H,3,6-8,10-11H2,1-2H3. The first-order valence-electron chi connectivity index (χ1n) is 6.48. The van der Waals surface area contributed by atoms with Gasteiger partial charge in [0, 0.05) is 10.9 Å². The van der Waals surface area contributed by atoms with E-state index in [0.717, 1.165) is 6.04 Å². The number of hydrogen-bond acceptors (Lipinski definition) is 2. The van der Waals surface area contributed by atoms with E-state index in [9.17, 15) is 0 Å². The quantitative estimate of drug-likeness (QED) is 0.820. The third kappa shape index (κ3) is 3.08. The molecule has 0 amide bonds. The first-order valence-corrected chi connectivity index (χ1v) is 7.35. The lowest BCUT2D eigenvalue weighted by Crippen LogP contribution is -2.28. The van der Waals surface area contributed by atoms with Gasteiger partial charge in [0.15, 0.2) is 0 Å². The molecule has 1 fully saturated rings. The molecule has 16 heavy (non-hydrogen) atoms. The molecule has 1 N–H and O–H groups in total. The van der Waals surface area contributed by atoms with Crippen molar-refractivity contribution in [3.8, 4) is 0 Å². The molecule has 2 heteroatoms. The van der Waals surface area contributed by atoms with Crippen molar-refractivity contribution in [1.82, 2.24) is 5.32 Å². The topological polar surface area (TPSA) is 12.0 Å². The van der Waals surface area contributed by atoms with E-state index in [1.54, 1.807) is 4.88 Å². The first kappa shape index (κ1) is 12.1. The smallest absolute Gasteiger partial charge is 0.00725 e. The normalized spacial score (nSPS) is 29.8. The molecule has 0 radical (unpaired) electrons. The van der Waals surface area contributed by atoms with E-state index in [1.807, 2.05) is 11.3 Å². The van der Waals surface area contributed by atoms with Crippen LogP contribution in [0.5, 0.6) is 0 Å². The minimum atomic E-state index is 0.538. The average molecular weight is 237 g/mol. The zero-order valence-electron chi connectivity index (χ0n) is 10.5. The van der Waals surface area contributed by atoms with E-state index in [2.05, 4.69) is 36.7 Å². The molecule has 1 heterocycles. The molecule has 0 spiro atoms. The van der Waals surface area contributed by atoms with E-state index in [0.29, 0.717) is 5.41 Å². The Labute approximate surface area is 103 Å². The van der Waals surface area contributed by atoms with Crippen LogP contribution < -0.4 is 5.32 Å². The fraction of sp³-hybridized carbons (Fsp3) is 0.714. The van der Waals surface area contributed by atoms with Crippen molar-refractivity contribution in [3.63, 3.8) is 0 Å². The molecule has 1 nitrogen and oxygen atoms in total. The van der Waals surface area contributed by atoms with E-state index in [1.165, 1.54) is 38.6 Å². The summed E-state index contributed by atoms with van der Waals surface area (Å²) in [7, 11) is 0. The van der Waals surface area contributed by atoms with Crippen LogP contribution in [0.1, 0.15) is 44.4 Å². The van der Waals surface area contributed by atoms with Crippen LogP contribution >= 0.6 is 11.3 Å². The van der Waals surface area contributed by atoms with Gasteiger partial charge in [-0.2, -0.15) is 0 Å². The molecule has 1 aromatic heterocycles. The molecular weight excluding hydrogens is 214 g/mol. The molecule has 2 atom stereocenters. The highest BCUT2D eigenvalue weighted by Gasteiger charge is 2.34. The summed E-state index contributed by atoms with van der Waals surface area (Å²) >= 11 is 1.91. The third-order valence-corrected chi connectivity index (χ3v) is 4.58. The van der Waals surface area contributed by atoms with Gasteiger partial charge in [0.2, 0.25) is 0 Å². The first-order chi connectivity index (χ1) is 7.72. The highest BCUT2D eigenvalue weighted by molar-refractivity contribution is 7.09. The van der Waals surface area contributed by atoms with Gasteiger partial charge in [0.1, 0.15) is 0 Å². The summed E-state index contributed by atoms with van der Waals surface area (Å²) in [5.74, 6) is 0. The lowest BCUT2D eigenvalue weighted by molar-refractivity contribution is 0.324. The maximum Gasteiger partial charge on any atom is 0.00725 e. The van der Waals surface area contributed by atoms with Gasteiger partial charge < -0.3 is 5.32 Å². The summed E-state index contributed by atoms with van der Waals surface area (Å²) < 4.78 is 0. The Hall–Kier alpha value is -0.340. The lowest BCUT2D eigenvalue weighted by atomic mass is 9.84. The zero-order valence-corrected chi connectivity index (χ0v) is 11.3. The maximum atomic E-state index is 3.67. The van der Waals surface area contributed by atoms with Crippen LogP contribution in [0.3, 0.4) is 0 Å². The Bertz CT molecular complexity index is 307. The van der Waals surface area contributed by atoms with Gasteiger partial charge >= 0.3 is 0 Å². The molecule has 90 valence electrons. The predicted octanol–water partition coefficient (Wildman–Crippen LogP) is 3.85. The van der Waals surface area contributed by atoms with E-state index >= 15 is 0 Å². The predicted molar refractivity (Wildman–Crippen MR) is 72.1 cm³/mol. The SMILES string of the molecule is CCCNC1CCC(C)(Cc2cccs2)C1. The van der Waals surface area contributed by atoms with Gasteiger partial charge in [-0.15, -0.1) is 11.3 Å². The number of hydrogen-bond donors (Lipinski definition) is 1. The van der Waals surface area contributed by atoms with Gasteiger partial charge in [-0.1, -0.05) is 19.9 Å². The third-order valence-electron chi connectivity index (χ3n) is 3.70. The van der Waals surface area contributed by atoms with Crippen molar-refractivity contribution in [2.24, 2.45) is 5.41 Å². The fourth-order valence-corrected chi connectivity index (χ4v) is 3.76. The Kier molecular flexibility index (Phi) is 4.04. The second kappa shape index (κ2) is 5.33. The number of nitrogens with one attached hydrogen (secondary N) is 1. The Morgan fingerprint density at radius 2 is 2.44 bits per heavy atom. The fourth-order valence-electron chi connectivity index (χ4n) is 2.84. The van der Waals surface area contributed by atoms with Gasteiger partial charge in [0.25, 0.3) is 0 Å². The van der Waals surface area contributed by atoms with Gasteiger partial charge in [-0.25, -0.2) is 0 Å². The van der Waals surface area contributed by atoms with Gasteiger partial charge in [-0.3, -0.25) is 0 Å². The second-order valence-corrected chi connectivity index (χ2v) is 6.49. The van der Waals surface area contributed by atoms with Crippen molar-refractivity contribution in [3.05, 3.63) is 22.4 Å². The summed E-state index contributed by atoms with van der Waals surface area (Å²) in [6, 6.07) is 5.22. The van der Waals surface area contributed by atoms with Crippen LogP contribution in [-0.4, -0.2) is 12.6 Å². The largest absolute Gasteiger partial charge is 0.314 e. The number of thiophene rings is 1. The van der Waals surface area contributed by atoms with Crippen LogP contribution in [0.2, 0.25) is 0 Å². The molecule has 2 rings (SSSR count). The lowest BCUT2D eigenvalue weighted by Gasteiger charge is -2.23. The van der Waals surface area contributed by atoms with E-state index < -0.39 is 0 Å². The Morgan fingerprint density at radius 1 is 1.56 bits per heavy atom. The molecule has 1 aliphatic carbocycles. The molecule has 0 saturated heterocycles. The molecule has 0 aromatic carbocycles. The summed E-state index contributed by atoms with van der Waals surface area (Å²) in [4.78, 5) is 1.55. The van der Waals surface area contributed by atoms with E-state index in [-0.39, 0.29) is 0 Å². The van der Waals surface area contributed by atoms with Crippen LogP contribution in [0, 0.1) is 5.41 Å². The van der Waals surface area contributed by atoms with Crippen LogP contribution in [-0.2, 0) is 6.42 Å². The van der Waals surface area contributed by atoms with Gasteiger partial charge in [0.05, 0.1) is 0 Å². The van der Waals surface area contributed by atoms with Crippen molar-refractivity contribution in [1.29, 1.82) is 0 Å². The zero-order chi connectivity index (χ0) is 11.4. The summed E-state index contributed by atoms with van der Waals surface area (Å²) in [6.07, 6.45) is 6.62. The highest BCUT2D eigenvalue weighted by atomic mass is 32.1. The van der Waals surface area contributed by atoms with Crippen LogP contribution in [0.25, 0.3) is 0 Å².